The number of carbonyl (C=O) groups is 1. The Hall–Kier alpha value is -1.17. The molecule has 16 heavy (non-hydrogen) atoms. The third-order valence-electron chi connectivity index (χ3n) is 2.25. The highest BCUT2D eigenvalue weighted by Crippen LogP contribution is 2.19. The molecule has 1 saturated carbocycles. The summed E-state index contributed by atoms with van der Waals surface area (Å²) in [6.45, 7) is 0.578. The Morgan fingerprint density at radius 2 is 2.38 bits per heavy atom. The average molecular weight is 285 g/mol. The Balaban J connectivity index is 1.70. The second-order valence-corrected chi connectivity index (χ2v) is 4.59. The fraction of sp³-hybridized carbons (Fsp3) is 0.500. The van der Waals surface area contributed by atoms with Crippen LogP contribution in [0, 0.1) is 0 Å². The zero-order valence-electron chi connectivity index (χ0n) is 8.74. The maximum absolute atomic E-state index is 11.4. The monoisotopic (exact) mass is 284 g/mol. The van der Waals surface area contributed by atoms with E-state index < -0.39 is 0 Å². The van der Waals surface area contributed by atoms with Crippen molar-refractivity contribution >= 4 is 27.7 Å². The molecule has 5 nitrogen and oxygen atoms in total. The van der Waals surface area contributed by atoms with Crippen LogP contribution in [0.3, 0.4) is 0 Å². The van der Waals surface area contributed by atoms with Crippen LogP contribution in [0.25, 0.3) is 0 Å². The lowest BCUT2D eigenvalue weighted by Gasteiger charge is -2.06. The van der Waals surface area contributed by atoms with E-state index in [-0.39, 0.29) is 5.91 Å². The number of anilines is 1. The minimum absolute atomic E-state index is 0.0974. The molecule has 1 aromatic rings. The summed E-state index contributed by atoms with van der Waals surface area (Å²) < 4.78 is 0.803. The lowest BCUT2D eigenvalue weighted by Crippen LogP contribution is -2.27. The topological polar surface area (TPSA) is 66.9 Å². The summed E-state index contributed by atoms with van der Waals surface area (Å²) in [4.78, 5) is 19.3. The molecular formula is C10H13BrN4O. The number of hydrogen-bond donors (Lipinski definition) is 2. The van der Waals surface area contributed by atoms with E-state index in [0.717, 1.165) is 17.3 Å². The first-order chi connectivity index (χ1) is 7.75. The Bertz CT molecular complexity index is 381. The molecular weight excluding hydrogens is 272 g/mol. The zero-order valence-corrected chi connectivity index (χ0v) is 10.3. The maximum Gasteiger partial charge on any atom is 0.221 e. The number of aromatic nitrogens is 2. The average Bonchev–Trinajstić information content (AvgIpc) is 3.05. The quantitative estimate of drug-likeness (QED) is 0.856. The molecule has 1 aromatic heterocycles. The molecule has 2 N–H and O–H groups in total. The van der Waals surface area contributed by atoms with Gasteiger partial charge in [0, 0.05) is 25.2 Å². The molecule has 0 saturated heterocycles. The molecule has 1 aliphatic carbocycles. The van der Waals surface area contributed by atoms with Gasteiger partial charge in [0.05, 0.1) is 4.47 Å². The van der Waals surface area contributed by atoms with E-state index in [4.69, 9.17) is 0 Å². The summed E-state index contributed by atoms with van der Waals surface area (Å²) in [5.41, 5.74) is 0. The third-order valence-corrected chi connectivity index (χ3v) is 2.83. The number of halogens is 1. The molecule has 6 heteroatoms. The summed E-state index contributed by atoms with van der Waals surface area (Å²) in [5, 5.41) is 6.01. The molecule has 0 spiro atoms. The molecule has 1 amide bonds. The van der Waals surface area contributed by atoms with Gasteiger partial charge in [-0.05, 0) is 28.8 Å². The smallest absolute Gasteiger partial charge is 0.221 e. The summed E-state index contributed by atoms with van der Waals surface area (Å²) in [6.07, 6.45) is 5.84. The predicted molar refractivity (Wildman–Crippen MR) is 64.0 cm³/mol. The van der Waals surface area contributed by atoms with Gasteiger partial charge in [0.15, 0.2) is 0 Å². The van der Waals surface area contributed by atoms with Crippen LogP contribution in [0.5, 0.6) is 0 Å². The maximum atomic E-state index is 11.4. The predicted octanol–water partition coefficient (Wildman–Crippen LogP) is 1.32. The van der Waals surface area contributed by atoms with Crippen LogP contribution in [-0.2, 0) is 4.79 Å². The summed E-state index contributed by atoms with van der Waals surface area (Å²) in [7, 11) is 0. The van der Waals surface area contributed by atoms with Gasteiger partial charge in [0.25, 0.3) is 0 Å². The van der Waals surface area contributed by atoms with Gasteiger partial charge in [-0.15, -0.1) is 0 Å². The van der Waals surface area contributed by atoms with Crippen LogP contribution in [0.2, 0.25) is 0 Å². The molecule has 0 atom stereocenters. The van der Waals surface area contributed by atoms with Crippen LogP contribution in [0.15, 0.2) is 17.0 Å². The molecule has 86 valence electrons. The van der Waals surface area contributed by atoms with Crippen molar-refractivity contribution in [3.05, 3.63) is 17.0 Å². The number of nitrogens with zero attached hydrogens (tertiary/aromatic N) is 2. The first-order valence-electron chi connectivity index (χ1n) is 5.24. The Labute approximate surface area is 102 Å². The van der Waals surface area contributed by atoms with Crippen molar-refractivity contribution in [2.24, 2.45) is 0 Å². The van der Waals surface area contributed by atoms with E-state index in [2.05, 4.69) is 36.5 Å². The van der Waals surface area contributed by atoms with Crippen molar-refractivity contribution in [3.8, 4) is 0 Å². The van der Waals surface area contributed by atoms with Crippen molar-refractivity contribution in [3.63, 3.8) is 0 Å². The van der Waals surface area contributed by atoms with Gasteiger partial charge in [-0.2, -0.15) is 0 Å². The fourth-order valence-corrected chi connectivity index (χ4v) is 1.63. The molecule has 0 radical (unpaired) electrons. The van der Waals surface area contributed by atoms with E-state index in [1.54, 1.807) is 6.20 Å². The Morgan fingerprint density at radius 1 is 1.56 bits per heavy atom. The lowest BCUT2D eigenvalue weighted by atomic mass is 10.4. The van der Waals surface area contributed by atoms with E-state index in [1.807, 2.05) is 0 Å². The van der Waals surface area contributed by atoms with Crippen molar-refractivity contribution in [1.29, 1.82) is 0 Å². The molecule has 0 aromatic carbocycles. The van der Waals surface area contributed by atoms with Gasteiger partial charge >= 0.3 is 0 Å². The fourth-order valence-electron chi connectivity index (χ4n) is 1.26. The van der Waals surface area contributed by atoms with Gasteiger partial charge in [-0.1, -0.05) is 0 Å². The van der Waals surface area contributed by atoms with Crippen LogP contribution in [0.1, 0.15) is 19.3 Å². The van der Waals surface area contributed by atoms with Crippen molar-refractivity contribution < 1.29 is 4.79 Å². The Morgan fingerprint density at radius 3 is 3.06 bits per heavy atom. The molecule has 0 bridgehead atoms. The van der Waals surface area contributed by atoms with Crippen molar-refractivity contribution in [2.75, 3.05) is 11.9 Å². The van der Waals surface area contributed by atoms with Crippen LogP contribution >= 0.6 is 15.9 Å². The van der Waals surface area contributed by atoms with Crippen LogP contribution < -0.4 is 10.6 Å². The Kier molecular flexibility index (Phi) is 3.71. The molecule has 0 aliphatic heterocycles. The van der Waals surface area contributed by atoms with Crippen molar-refractivity contribution in [2.45, 2.75) is 25.3 Å². The van der Waals surface area contributed by atoms with E-state index in [1.165, 1.54) is 6.33 Å². The molecule has 1 heterocycles. The standard InChI is InChI=1S/C10H13BrN4O/c11-8-5-12-6-14-10(8)13-4-3-9(16)15-7-1-2-7/h5-7H,1-4H2,(H,15,16)(H,12,13,14). The number of hydrogen-bond acceptors (Lipinski definition) is 4. The number of rotatable bonds is 5. The second-order valence-electron chi connectivity index (χ2n) is 3.74. The largest absolute Gasteiger partial charge is 0.369 e. The van der Waals surface area contributed by atoms with E-state index in [9.17, 15) is 4.79 Å². The van der Waals surface area contributed by atoms with E-state index in [0.29, 0.717) is 24.8 Å². The SMILES string of the molecule is O=C(CCNc1ncncc1Br)NC1CC1. The summed E-state index contributed by atoms with van der Waals surface area (Å²) >= 11 is 3.33. The van der Waals surface area contributed by atoms with Crippen LogP contribution in [-0.4, -0.2) is 28.5 Å². The third kappa shape index (κ3) is 3.44. The minimum Gasteiger partial charge on any atom is -0.369 e. The molecule has 2 rings (SSSR count). The van der Waals surface area contributed by atoms with Crippen molar-refractivity contribution in [1.82, 2.24) is 15.3 Å². The summed E-state index contributed by atoms with van der Waals surface area (Å²) in [5.74, 6) is 0.814. The molecule has 1 aliphatic rings. The second kappa shape index (κ2) is 5.25. The first kappa shape index (κ1) is 11.3. The number of nitrogens with one attached hydrogen (secondary N) is 2. The zero-order chi connectivity index (χ0) is 11.4. The highest BCUT2D eigenvalue weighted by atomic mass is 79.9. The first-order valence-corrected chi connectivity index (χ1v) is 6.04. The number of carbonyl (C=O) groups excluding carboxylic acids is 1. The van der Waals surface area contributed by atoms with Gasteiger partial charge in [-0.3, -0.25) is 4.79 Å². The van der Waals surface area contributed by atoms with Gasteiger partial charge < -0.3 is 10.6 Å². The summed E-state index contributed by atoms with van der Waals surface area (Å²) in [6, 6.07) is 0.429. The highest BCUT2D eigenvalue weighted by molar-refractivity contribution is 9.10. The normalized spacial score (nSPS) is 14.6. The highest BCUT2D eigenvalue weighted by Gasteiger charge is 2.22. The van der Waals surface area contributed by atoms with E-state index >= 15 is 0 Å². The molecule has 0 unspecified atom stereocenters. The molecule has 1 fully saturated rings. The van der Waals surface area contributed by atoms with Gasteiger partial charge in [0.2, 0.25) is 5.91 Å². The van der Waals surface area contributed by atoms with Crippen LogP contribution in [0.4, 0.5) is 5.82 Å². The number of amides is 1. The van der Waals surface area contributed by atoms with Gasteiger partial charge in [-0.25, -0.2) is 9.97 Å². The minimum atomic E-state index is 0.0974. The lowest BCUT2D eigenvalue weighted by molar-refractivity contribution is -0.120. The van der Waals surface area contributed by atoms with Gasteiger partial charge in [0.1, 0.15) is 12.1 Å².